The molecule has 2 heterocycles. The zero-order chi connectivity index (χ0) is 11.4. The Morgan fingerprint density at radius 2 is 2.56 bits per heavy atom. The molecule has 0 amide bonds. The van der Waals surface area contributed by atoms with Gasteiger partial charge in [-0.15, -0.1) is 0 Å². The Morgan fingerprint density at radius 3 is 3.25 bits per heavy atom. The van der Waals surface area contributed by atoms with E-state index in [0.717, 1.165) is 38.2 Å². The van der Waals surface area contributed by atoms with Crippen LogP contribution in [0.2, 0.25) is 0 Å². The molecule has 0 aromatic carbocycles. The van der Waals surface area contributed by atoms with Crippen molar-refractivity contribution in [3.63, 3.8) is 0 Å². The van der Waals surface area contributed by atoms with Crippen molar-refractivity contribution in [2.24, 2.45) is 5.73 Å². The minimum absolute atomic E-state index is 0.214. The SMILES string of the molecule is CCC(N)Cc1nccn1CC1CCCO1. The summed E-state index contributed by atoms with van der Waals surface area (Å²) in [4.78, 5) is 4.37. The molecule has 0 spiro atoms. The number of nitrogens with zero attached hydrogens (tertiary/aromatic N) is 2. The molecular weight excluding hydrogens is 202 g/mol. The van der Waals surface area contributed by atoms with E-state index in [1.54, 1.807) is 0 Å². The van der Waals surface area contributed by atoms with Crippen LogP contribution in [0.4, 0.5) is 0 Å². The zero-order valence-corrected chi connectivity index (χ0v) is 9.93. The lowest BCUT2D eigenvalue weighted by Crippen LogP contribution is -2.25. The van der Waals surface area contributed by atoms with Crippen LogP contribution in [0.25, 0.3) is 0 Å². The van der Waals surface area contributed by atoms with Crippen LogP contribution >= 0.6 is 0 Å². The van der Waals surface area contributed by atoms with E-state index >= 15 is 0 Å². The molecule has 1 fully saturated rings. The topological polar surface area (TPSA) is 53.1 Å². The van der Waals surface area contributed by atoms with E-state index in [4.69, 9.17) is 10.5 Å². The van der Waals surface area contributed by atoms with Crippen LogP contribution in [0.1, 0.15) is 32.0 Å². The molecule has 0 saturated carbocycles. The summed E-state index contributed by atoms with van der Waals surface area (Å²) in [6.45, 7) is 3.94. The van der Waals surface area contributed by atoms with E-state index in [9.17, 15) is 0 Å². The summed E-state index contributed by atoms with van der Waals surface area (Å²) < 4.78 is 7.82. The summed E-state index contributed by atoms with van der Waals surface area (Å²) >= 11 is 0. The van der Waals surface area contributed by atoms with Gasteiger partial charge in [-0.25, -0.2) is 4.98 Å². The lowest BCUT2D eigenvalue weighted by molar-refractivity contribution is 0.0962. The quantitative estimate of drug-likeness (QED) is 0.819. The molecule has 1 saturated heterocycles. The van der Waals surface area contributed by atoms with Gasteiger partial charge in [0.2, 0.25) is 0 Å². The Balaban J connectivity index is 1.95. The fourth-order valence-electron chi connectivity index (χ4n) is 2.08. The smallest absolute Gasteiger partial charge is 0.110 e. The Hall–Kier alpha value is -0.870. The van der Waals surface area contributed by atoms with Crippen molar-refractivity contribution in [3.8, 4) is 0 Å². The number of ether oxygens (including phenoxy) is 1. The molecule has 1 aromatic heterocycles. The first-order valence-corrected chi connectivity index (χ1v) is 6.16. The molecule has 0 radical (unpaired) electrons. The number of aromatic nitrogens is 2. The van der Waals surface area contributed by atoms with Gasteiger partial charge in [-0.2, -0.15) is 0 Å². The third kappa shape index (κ3) is 2.83. The van der Waals surface area contributed by atoms with Gasteiger partial charge in [0, 0.05) is 31.5 Å². The third-order valence-electron chi connectivity index (χ3n) is 3.20. The van der Waals surface area contributed by atoms with Crippen molar-refractivity contribution in [2.45, 2.75) is 51.3 Å². The molecule has 0 aliphatic carbocycles. The molecule has 4 heteroatoms. The summed E-state index contributed by atoms with van der Waals surface area (Å²) in [6.07, 6.45) is 8.45. The predicted molar refractivity (Wildman–Crippen MR) is 63.2 cm³/mol. The number of hydrogen-bond donors (Lipinski definition) is 1. The summed E-state index contributed by atoms with van der Waals surface area (Å²) in [5.74, 6) is 1.09. The highest BCUT2D eigenvalue weighted by atomic mass is 16.5. The van der Waals surface area contributed by atoms with Crippen LogP contribution < -0.4 is 5.73 Å². The maximum atomic E-state index is 5.96. The number of nitrogens with two attached hydrogens (primary N) is 1. The van der Waals surface area contributed by atoms with Crippen LogP contribution in [0.15, 0.2) is 12.4 Å². The fraction of sp³-hybridized carbons (Fsp3) is 0.750. The Bertz CT molecular complexity index is 318. The Morgan fingerprint density at radius 1 is 1.69 bits per heavy atom. The largest absolute Gasteiger partial charge is 0.376 e. The van der Waals surface area contributed by atoms with Gasteiger partial charge in [0.05, 0.1) is 12.6 Å². The van der Waals surface area contributed by atoms with Crippen molar-refractivity contribution < 1.29 is 4.74 Å². The number of imidazole rings is 1. The predicted octanol–water partition coefficient (Wildman–Crippen LogP) is 1.34. The van der Waals surface area contributed by atoms with Crippen LogP contribution in [0.5, 0.6) is 0 Å². The molecule has 90 valence electrons. The van der Waals surface area contributed by atoms with Crippen LogP contribution in [0.3, 0.4) is 0 Å². The summed E-state index contributed by atoms with van der Waals surface area (Å²) in [7, 11) is 0. The molecular formula is C12H21N3O. The van der Waals surface area contributed by atoms with Crippen LogP contribution in [-0.2, 0) is 17.7 Å². The molecule has 1 aromatic rings. The highest BCUT2D eigenvalue weighted by Gasteiger charge is 2.17. The van der Waals surface area contributed by atoms with Crippen molar-refractivity contribution in [1.29, 1.82) is 0 Å². The van der Waals surface area contributed by atoms with E-state index in [1.807, 2.05) is 12.4 Å². The maximum absolute atomic E-state index is 5.96. The lowest BCUT2D eigenvalue weighted by atomic mass is 10.1. The molecule has 4 nitrogen and oxygen atoms in total. The molecule has 2 N–H and O–H groups in total. The average molecular weight is 223 g/mol. The van der Waals surface area contributed by atoms with Gasteiger partial charge < -0.3 is 15.0 Å². The second kappa shape index (κ2) is 5.46. The first-order chi connectivity index (χ1) is 7.79. The number of hydrogen-bond acceptors (Lipinski definition) is 3. The molecule has 1 aliphatic rings. The number of rotatable bonds is 5. The van der Waals surface area contributed by atoms with E-state index in [1.165, 1.54) is 6.42 Å². The normalized spacial score (nSPS) is 22.5. The highest BCUT2D eigenvalue weighted by Crippen LogP contribution is 2.15. The van der Waals surface area contributed by atoms with Crippen molar-refractivity contribution in [1.82, 2.24) is 9.55 Å². The minimum Gasteiger partial charge on any atom is -0.376 e. The Kier molecular flexibility index (Phi) is 3.96. The van der Waals surface area contributed by atoms with Gasteiger partial charge in [-0.1, -0.05) is 6.92 Å². The van der Waals surface area contributed by atoms with Gasteiger partial charge in [0.1, 0.15) is 5.82 Å². The molecule has 2 unspecified atom stereocenters. The van der Waals surface area contributed by atoms with Gasteiger partial charge >= 0.3 is 0 Å². The van der Waals surface area contributed by atoms with E-state index in [-0.39, 0.29) is 6.04 Å². The third-order valence-corrected chi connectivity index (χ3v) is 3.20. The zero-order valence-electron chi connectivity index (χ0n) is 9.93. The summed E-state index contributed by atoms with van der Waals surface area (Å²) in [6, 6.07) is 0.214. The van der Waals surface area contributed by atoms with Gasteiger partial charge in [0.15, 0.2) is 0 Å². The standard InChI is InChI=1S/C12H21N3O/c1-2-10(13)8-12-14-5-6-15(12)9-11-4-3-7-16-11/h5-6,10-11H,2-4,7-9,13H2,1H3. The van der Waals surface area contributed by atoms with Gasteiger partial charge in [-0.05, 0) is 19.3 Å². The summed E-state index contributed by atoms with van der Waals surface area (Å²) in [5.41, 5.74) is 5.96. The molecule has 2 rings (SSSR count). The monoisotopic (exact) mass is 223 g/mol. The van der Waals surface area contributed by atoms with Gasteiger partial charge in [-0.3, -0.25) is 0 Å². The molecule has 2 atom stereocenters. The van der Waals surface area contributed by atoms with Crippen molar-refractivity contribution >= 4 is 0 Å². The first kappa shape index (κ1) is 11.6. The van der Waals surface area contributed by atoms with Crippen molar-refractivity contribution in [2.75, 3.05) is 6.61 Å². The van der Waals surface area contributed by atoms with Crippen LogP contribution in [0, 0.1) is 0 Å². The second-order valence-electron chi connectivity index (χ2n) is 4.50. The van der Waals surface area contributed by atoms with E-state index < -0.39 is 0 Å². The lowest BCUT2D eigenvalue weighted by Gasteiger charge is -2.14. The molecule has 1 aliphatic heterocycles. The summed E-state index contributed by atoms with van der Waals surface area (Å²) in [5, 5.41) is 0. The fourth-order valence-corrected chi connectivity index (χ4v) is 2.08. The molecule has 0 bridgehead atoms. The van der Waals surface area contributed by atoms with Crippen LogP contribution in [-0.4, -0.2) is 28.3 Å². The second-order valence-corrected chi connectivity index (χ2v) is 4.50. The minimum atomic E-state index is 0.214. The van der Waals surface area contributed by atoms with E-state index in [0.29, 0.717) is 6.10 Å². The maximum Gasteiger partial charge on any atom is 0.110 e. The highest BCUT2D eigenvalue weighted by molar-refractivity contribution is 4.95. The molecule has 16 heavy (non-hydrogen) atoms. The van der Waals surface area contributed by atoms with E-state index in [2.05, 4.69) is 16.5 Å². The Labute approximate surface area is 96.8 Å². The van der Waals surface area contributed by atoms with Crippen molar-refractivity contribution in [3.05, 3.63) is 18.2 Å². The first-order valence-electron chi connectivity index (χ1n) is 6.16. The van der Waals surface area contributed by atoms with Gasteiger partial charge in [0.25, 0.3) is 0 Å². The average Bonchev–Trinajstić information content (AvgIpc) is 2.92.